The van der Waals surface area contributed by atoms with Crippen LogP contribution < -0.4 is 14.8 Å². The third kappa shape index (κ3) is 5.00. The van der Waals surface area contributed by atoms with Crippen LogP contribution >= 0.6 is 27.7 Å². The predicted octanol–water partition coefficient (Wildman–Crippen LogP) is 3.32. The number of tetrazole rings is 1. The van der Waals surface area contributed by atoms with Crippen LogP contribution in [-0.2, 0) is 6.54 Å². The van der Waals surface area contributed by atoms with Crippen LogP contribution in [0.2, 0.25) is 0 Å². The maximum Gasteiger partial charge on any atom is 0.214 e. The number of methoxy groups -OCH3 is 2. The zero-order chi connectivity index (χ0) is 19.1. The molecule has 0 unspecified atom stereocenters. The lowest BCUT2D eigenvalue weighted by atomic mass is 10.2. The van der Waals surface area contributed by atoms with E-state index in [9.17, 15) is 0 Å². The van der Waals surface area contributed by atoms with Gasteiger partial charge in [-0.2, -0.15) is 4.68 Å². The molecule has 0 saturated heterocycles. The van der Waals surface area contributed by atoms with E-state index in [1.807, 2.05) is 42.5 Å². The van der Waals surface area contributed by atoms with Gasteiger partial charge in [0.1, 0.15) is 0 Å². The second-order valence-electron chi connectivity index (χ2n) is 5.55. The Kier molecular flexibility index (Phi) is 7.08. The van der Waals surface area contributed by atoms with Crippen LogP contribution in [-0.4, -0.2) is 46.7 Å². The lowest BCUT2D eigenvalue weighted by Gasteiger charge is -2.12. The molecule has 2 aromatic carbocycles. The molecule has 0 aliphatic heterocycles. The summed E-state index contributed by atoms with van der Waals surface area (Å²) in [6, 6.07) is 13.9. The van der Waals surface area contributed by atoms with Crippen LogP contribution in [0.5, 0.6) is 11.5 Å². The number of nitrogens with one attached hydrogen (secondary N) is 1. The summed E-state index contributed by atoms with van der Waals surface area (Å²) in [6.07, 6.45) is 0. The lowest BCUT2D eigenvalue weighted by Crippen LogP contribution is -2.17. The number of benzene rings is 2. The smallest absolute Gasteiger partial charge is 0.214 e. The number of nitrogens with zero attached hydrogens (tertiary/aromatic N) is 4. The van der Waals surface area contributed by atoms with E-state index in [-0.39, 0.29) is 0 Å². The highest BCUT2D eigenvalue weighted by molar-refractivity contribution is 9.10. The first kappa shape index (κ1) is 19.7. The second-order valence-corrected chi connectivity index (χ2v) is 7.46. The van der Waals surface area contributed by atoms with Gasteiger partial charge in [-0.05, 0) is 56.2 Å². The summed E-state index contributed by atoms with van der Waals surface area (Å²) in [7, 11) is 3.26. The Bertz CT molecular complexity index is 875. The molecule has 0 fully saturated rings. The molecule has 0 radical (unpaired) electrons. The number of hydrogen-bond acceptors (Lipinski definition) is 7. The number of aromatic nitrogens is 4. The number of ether oxygens (including phenoxy) is 2. The number of para-hydroxylation sites is 1. The Morgan fingerprint density at radius 1 is 1.15 bits per heavy atom. The van der Waals surface area contributed by atoms with Gasteiger partial charge in [0, 0.05) is 18.8 Å². The van der Waals surface area contributed by atoms with Crippen LogP contribution in [0.4, 0.5) is 0 Å². The molecule has 142 valence electrons. The molecule has 0 saturated carbocycles. The average Bonchev–Trinajstić information content (AvgIpc) is 3.16. The second kappa shape index (κ2) is 9.72. The molecular weight excluding hydrogens is 430 g/mol. The van der Waals surface area contributed by atoms with E-state index in [1.54, 1.807) is 30.7 Å². The van der Waals surface area contributed by atoms with Crippen molar-refractivity contribution in [1.29, 1.82) is 0 Å². The van der Waals surface area contributed by atoms with Crippen molar-refractivity contribution in [2.24, 2.45) is 0 Å². The Balaban J connectivity index is 1.51. The van der Waals surface area contributed by atoms with E-state index in [4.69, 9.17) is 9.47 Å². The standard InChI is InChI=1S/C18H20BrN5O2S/c1-25-16-11-13(10-15(19)17(16)26-2)12-20-8-9-27-18-21-22-23-24(18)14-6-4-3-5-7-14/h3-7,10-11,20H,8-9,12H2,1-2H3. The van der Waals surface area contributed by atoms with E-state index in [1.165, 1.54) is 0 Å². The van der Waals surface area contributed by atoms with Crippen LogP contribution in [0.25, 0.3) is 5.69 Å². The predicted molar refractivity (Wildman–Crippen MR) is 109 cm³/mol. The molecule has 0 aliphatic rings. The van der Waals surface area contributed by atoms with Gasteiger partial charge in [0.25, 0.3) is 0 Å². The van der Waals surface area contributed by atoms with E-state index in [0.717, 1.165) is 39.7 Å². The lowest BCUT2D eigenvalue weighted by molar-refractivity contribution is 0.352. The molecule has 0 bridgehead atoms. The maximum absolute atomic E-state index is 5.38. The molecule has 0 spiro atoms. The maximum atomic E-state index is 5.38. The van der Waals surface area contributed by atoms with E-state index in [0.29, 0.717) is 11.5 Å². The number of hydrogen-bond donors (Lipinski definition) is 1. The molecule has 1 heterocycles. The molecule has 0 aliphatic carbocycles. The highest BCUT2D eigenvalue weighted by atomic mass is 79.9. The Morgan fingerprint density at radius 3 is 2.70 bits per heavy atom. The fraction of sp³-hybridized carbons (Fsp3) is 0.278. The van der Waals surface area contributed by atoms with Crippen LogP contribution in [0.15, 0.2) is 52.1 Å². The van der Waals surface area contributed by atoms with Gasteiger partial charge in [0.05, 0.1) is 24.4 Å². The van der Waals surface area contributed by atoms with Crippen molar-refractivity contribution < 1.29 is 9.47 Å². The molecule has 1 aromatic heterocycles. The van der Waals surface area contributed by atoms with Gasteiger partial charge in [0.15, 0.2) is 11.5 Å². The highest BCUT2D eigenvalue weighted by Gasteiger charge is 2.11. The first-order chi connectivity index (χ1) is 13.2. The summed E-state index contributed by atoms with van der Waals surface area (Å²) >= 11 is 5.13. The zero-order valence-corrected chi connectivity index (χ0v) is 17.5. The Morgan fingerprint density at radius 2 is 1.96 bits per heavy atom. The first-order valence-electron chi connectivity index (χ1n) is 8.30. The van der Waals surface area contributed by atoms with Gasteiger partial charge in [-0.3, -0.25) is 0 Å². The zero-order valence-electron chi connectivity index (χ0n) is 15.1. The van der Waals surface area contributed by atoms with Crippen LogP contribution in [0, 0.1) is 0 Å². The Labute approximate surface area is 170 Å². The van der Waals surface area contributed by atoms with Crippen molar-refractivity contribution in [1.82, 2.24) is 25.5 Å². The van der Waals surface area contributed by atoms with Crippen molar-refractivity contribution in [3.8, 4) is 17.2 Å². The highest BCUT2D eigenvalue weighted by Crippen LogP contribution is 2.36. The van der Waals surface area contributed by atoms with Gasteiger partial charge in [-0.1, -0.05) is 30.0 Å². The number of thioether (sulfide) groups is 1. The van der Waals surface area contributed by atoms with Gasteiger partial charge in [-0.25, -0.2) is 0 Å². The van der Waals surface area contributed by atoms with Crippen LogP contribution in [0.3, 0.4) is 0 Å². The van der Waals surface area contributed by atoms with Crippen LogP contribution in [0.1, 0.15) is 5.56 Å². The summed E-state index contributed by atoms with van der Waals surface area (Å²) in [5, 5.41) is 16.1. The van der Waals surface area contributed by atoms with E-state index in [2.05, 4.69) is 36.8 Å². The number of halogens is 1. The molecule has 7 nitrogen and oxygen atoms in total. The van der Waals surface area contributed by atoms with Crippen molar-refractivity contribution in [3.05, 3.63) is 52.5 Å². The first-order valence-corrected chi connectivity index (χ1v) is 10.1. The third-order valence-electron chi connectivity index (χ3n) is 3.77. The summed E-state index contributed by atoms with van der Waals surface area (Å²) in [5.74, 6) is 2.26. The minimum absolute atomic E-state index is 0.699. The topological polar surface area (TPSA) is 74.1 Å². The minimum Gasteiger partial charge on any atom is -0.493 e. The average molecular weight is 450 g/mol. The van der Waals surface area contributed by atoms with Crippen molar-refractivity contribution in [3.63, 3.8) is 0 Å². The summed E-state index contributed by atoms with van der Waals surface area (Å²) < 4.78 is 13.3. The van der Waals surface area contributed by atoms with Crippen molar-refractivity contribution in [2.45, 2.75) is 11.7 Å². The van der Waals surface area contributed by atoms with Crippen molar-refractivity contribution >= 4 is 27.7 Å². The van der Waals surface area contributed by atoms with E-state index < -0.39 is 0 Å². The molecule has 0 atom stereocenters. The molecule has 3 aromatic rings. The minimum atomic E-state index is 0.699. The summed E-state index contributed by atoms with van der Waals surface area (Å²) in [4.78, 5) is 0. The SMILES string of the molecule is COc1cc(CNCCSc2nnnn2-c2ccccc2)cc(Br)c1OC. The molecule has 3 rings (SSSR count). The van der Waals surface area contributed by atoms with Gasteiger partial charge in [-0.15, -0.1) is 5.10 Å². The Hall–Kier alpha value is -2.10. The molecule has 0 amide bonds. The quantitative estimate of drug-likeness (QED) is 0.396. The van der Waals surface area contributed by atoms with Gasteiger partial charge >= 0.3 is 0 Å². The van der Waals surface area contributed by atoms with E-state index >= 15 is 0 Å². The summed E-state index contributed by atoms with van der Waals surface area (Å²) in [6.45, 7) is 1.54. The third-order valence-corrected chi connectivity index (χ3v) is 5.28. The van der Waals surface area contributed by atoms with Crippen molar-refractivity contribution in [2.75, 3.05) is 26.5 Å². The fourth-order valence-corrected chi connectivity index (χ4v) is 3.96. The fourth-order valence-electron chi connectivity index (χ4n) is 2.52. The summed E-state index contributed by atoms with van der Waals surface area (Å²) in [5.41, 5.74) is 2.06. The number of rotatable bonds is 9. The monoisotopic (exact) mass is 449 g/mol. The van der Waals surface area contributed by atoms with Gasteiger partial charge < -0.3 is 14.8 Å². The normalized spacial score (nSPS) is 10.8. The molecule has 1 N–H and O–H groups in total. The molecule has 27 heavy (non-hydrogen) atoms. The molecule has 9 heteroatoms. The largest absolute Gasteiger partial charge is 0.493 e. The molecular formula is C18H20BrN5O2S. The van der Waals surface area contributed by atoms with Gasteiger partial charge in [0.2, 0.25) is 5.16 Å².